The van der Waals surface area contributed by atoms with Crippen molar-refractivity contribution in [1.29, 1.82) is 0 Å². The van der Waals surface area contributed by atoms with Gasteiger partial charge in [0.25, 0.3) is 0 Å². The maximum atomic E-state index is 11.9. The van der Waals surface area contributed by atoms with Crippen LogP contribution in [0.15, 0.2) is 4.99 Å². The van der Waals surface area contributed by atoms with Crippen molar-refractivity contribution < 1.29 is 42.9 Å². The lowest BCUT2D eigenvalue weighted by molar-refractivity contribution is -0.208. The van der Waals surface area contributed by atoms with Gasteiger partial charge in [0.05, 0.1) is 6.10 Å². The van der Waals surface area contributed by atoms with Crippen molar-refractivity contribution in [3.63, 3.8) is 0 Å². The zero-order chi connectivity index (χ0) is 24.5. The molecule has 33 heavy (non-hydrogen) atoms. The number of hydrogen-bond donors (Lipinski definition) is 0. The van der Waals surface area contributed by atoms with Gasteiger partial charge in [0.1, 0.15) is 24.2 Å². The van der Waals surface area contributed by atoms with Gasteiger partial charge < -0.3 is 23.7 Å². The number of carbonyl (C=O) groups is 4. The monoisotopic (exact) mass is 487 g/mol. The molecule has 1 saturated heterocycles. The molecule has 0 amide bonds. The molecule has 1 heterocycles. The highest BCUT2D eigenvalue weighted by Crippen LogP contribution is 2.35. The number of thioether (sulfide) groups is 1. The first-order chi connectivity index (χ1) is 15.6. The first kappa shape index (κ1) is 27.3. The second kappa shape index (κ2) is 13.0. The summed E-state index contributed by atoms with van der Waals surface area (Å²) in [4.78, 5) is 51.7. The van der Waals surface area contributed by atoms with Gasteiger partial charge in [-0.3, -0.25) is 24.2 Å². The van der Waals surface area contributed by atoms with Gasteiger partial charge in [-0.25, -0.2) is 0 Å². The Kier molecular flexibility index (Phi) is 10.8. The van der Waals surface area contributed by atoms with Crippen LogP contribution in [-0.4, -0.2) is 78.8 Å². The third-order valence-electron chi connectivity index (χ3n) is 5.47. The molecule has 2 fully saturated rings. The molecule has 0 spiro atoms. The van der Waals surface area contributed by atoms with Crippen molar-refractivity contribution in [2.75, 3.05) is 13.7 Å². The number of rotatable bonds is 8. The van der Waals surface area contributed by atoms with Crippen LogP contribution in [0.5, 0.6) is 0 Å². The summed E-state index contributed by atoms with van der Waals surface area (Å²) in [5.74, 6) is -1.57. The number of hydrogen-bond acceptors (Lipinski definition) is 11. The molecule has 0 aromatic rings. The molecule has 0 unspecified atom stereocenters. The molecule has 1 aliphatic carbocycles. The van der Waals surface area contributed by atoms with Crippen LogP contribution in [0.2, 0.25) is 0 Å². The Labute approximate surface area is 198 Å². The van der Waals surface area contributed by atoms with E-state index in [1.807, 2.05) is 0 Å². The maximum Gasteiger partial charge on any atom is 0.303 e. The highest BCUT2D eigenvalue weighted by Gasteiger charge is 2.51. The van der Waals surface area contributed by atoms with Crippen LogP contribution in [0.25, 0.3) is 0 Å². The van der Waals surface area contributed by atoms with Gasteiger partial charge in [0, 0.05) is 41.0 Å². The molecule has 0 N–H and O–H groups in total. The standard InChI is InChI=1S/C22H33NO9S/c1-12(24)29-11-18-20(30-13(2)25)21(31-14(3)26)19(22(32-18)33-15(4)27)23-10-16-6-8-17(28-5)9-7-16/h10,16-22H,6-9,11H2,1-5H3/t16?,17?,18-,19-,20-,21-,22+/m1/s1. The maximum absolute atomic E-state index is 11.9. The number of aliphatic imine (C=N–C) groups is 1. The van der Waals surface area contributed by atoms with Gasteiger partial charge in [-0.2, -0.15) is 0 Å². The first-order valence-corrected chi connectivity index (χ1v) is 11.8. The summed E-state index contributed by atoms with van der Waals surface area (Å²) in [6, 6.07) is -0.805. The van der Waals surface area contributed by atoms with E-state index in [0.717, 1.165) is 37.4 Å². The minimum absolute atomic E-state index is 0.198. The number of nitrogens with zero attached hydrogens (tertiary/aromatic N) is 1. The molecule has 0 aromatic carbocycles. The zero-order valence-electron chi connectivity index (χ0n) is 19.7. The molecule has 2 aliphatic rings. The fraction of sp³-hybridized carbons (Fsp3) is 0.773. The molecule has 1 aliphatic heterocycles. The lowest BCUT2D eigenvalue weighted by Crippen LogP contribution is -2.60. The summed E-state index contributed by atoms with van der Waals surface area (Å²) >= 11 is 0.897. The van der Waals surface area contributed by atoms with Crippen LogP contribution in [0.3, 0.4) is 0 Å². The second-order valence-corrected chi connectivity index (χ2v) is 9.44. The van der Waals surface area contributed by atoms with E-state index in [-0.39, 0.29) is 23.7 Å². The van der Waals surface area contributed by atoms with Crippen molar-refractivity contribution in [2.24, 2.45) is 10.9 Å². The topological polar surface area (TPSA) is 127 Å². The number of ether oxygens (including phenoxy) is 5. The molecule has 10 nitrogen and oxygen atoms in total. The predicted octanol–water partition coefficient (Wildman–Crippen LogP) is 2.06. The summed E-state index contributed by atoms with van der Waals surface area (Å²) in [5.41, 5.74) is -0.828. The summed E-state index contributed by atoms with van der Waals surface area (Å²) in [7, 11) is 1.70. The van der Waals surface area contributed by atoms with Crippen LogP contribution in [0.4, 0.5) is 0 Å². The van der Waals surface area contributed by atoms with Crippen LogP contribution in [0.1, 0.15) is 53.4 Å². The Morgan fingerprint density at radius 2 is 1.55 bits per heavy atom. The Balaban J connectivity index is 2.34. The Hall–Kier alpha value is -1.98. The molecule has 0 bridgehead atoms. The fourth-order valence-electron chi connectivity index (χ4n) is 4.00. The van der Waals surface area contributed by atoms with Gasteiger partial charge in [-0.1, -0.05) is 11.8 Å². The first-order valence-electron chi connectivity index (χ1n) is 11.0. The van der Waals surface area contributed by atoms with Crippen LogP contribution >= 0.6 is 11.8 Å². The summed E-state index contributed by atoms with van der Waals surface area (Å²) in [6.45, 7) is 4.84. The van der Waals surface area contributed by atoms with Crippen LogP contribution in [0, 0.1) is 5.92 Å². The van der Waals surface area contributed by atoms with E-state index in [0.29, 0.717) is 0 Å². The summed E-state index contributed by atoms with van der Waals surface area (Å²) < 4.78 is 27.5. The molecule has 2 rings (SSSR count). The molecule has 11 heteroatoms. The average molecular weight is 488 g/mol. The summed E-state index contributed by atoms with van der Waals surface area (Å²) in [5, 5.41) is -0.223. The van der Waals surface area contributed by atoms with E-state index < -0.39 is 47.7 Å². The smallest absolute Gasteiger partial charge is 0.303 e. The van der Waals surface area contributed by atoms with Gasteiger partial charge in [0.15, 0.2) is 17.3 Å². The quantitative estimate of drug-likeness (QED) is 0.285. The largest absolute Gasteiger partial charge is 0.463 e. The second-order valence-electron chi connectivity index (χ2n) is 8.16. The molecule has 0 radical (unpaired) electrons. The number of esters is 3. The van der Waals surface area contributed by atoms with E-state index in [1.54, 1.807) is 13.3 Å². The Morgan fingerprint density at radius 3 is 2.06 bits per heavy atom. The predicted molar refractivity (Wildman–Crippen MR) is 120 cm³/mol. The average Bonchev–Trinajstić information content (AvgIpc) is 2.73. The fourth-order valence-corrected chi connectivity index (χ4v) is 4.89. The SMILES string of the molecule is COC1CCC(C=N[C@@H]2[C@@H](OC(C)=O)[C@H](OC(C)=O)[C@@H](COC(C)=O)O[C@H]2SC(C)=O)CC1. The van der Waals surface area contributed by atoms with Crippen LogP contribution in [-0.2, 0) is 42.9 Å². The van der Waals surface area contributed by atoms with Crippen LogP contribution < -0.4 is 0 Å². The Morgan fingerprint density at radius 1 is 0.939 bits per heavy atom. The lowest BCUT2D eigenvalue weighted by Gasteiger charge is -2.43. The third kappa shape index (κ3) is 8.71. The van der Waals surface area contributed by atoms with Crippen molar-refractivity contribution in [2.45, 2.75) is 89.3 Å². The summed E-state index contributed by atoms with van der Waals surface area (Å²) in [6.07, 6.45) is 2.61. The third-order valence-corrected chi connectivity index (χ3v) is 6.43. The van der Waals surface area contributed by atoms with E-state index in [2.05, 4.69) is 4.99 Å². The van der Waals surface area contributed by atoms with E-state index in [4.69, 9.17) is 23.7 Å². The van der Waals surface area contributed by atoms with E-state index in [1.165, 1.54) is 27.7 Å². The van der Waals surface area contributed by atoms with Crippen molar-refractivity contribution >= 4 is 41.0 Å². The highest BCUT2D eigenvalue weighted by molar-refractivity contribution is 8.14. The molecular weight excluding hydrogens is 454 g/mol. The van der Waals surface area contributed by atoms with Gasteiger partial charge in [-0.15, -0.1) is 0 Å². The molecule has 0 aromatic heterocycles. The van der Waals surface area contributed by atoms with E-state index >= 15 is 0 Å². The lowest BCUT2D eigenvalue weighted by atomic mass is 9.88. The molecule has 5 atom stereocenters. The number of methoxy groups -OCH3 is 1. The Bertz CT molecular complexity index is 735. The van der Waals surface area contributed by atoms with Gasteiger partial charge >= 0.3 is 17.9 Å². The molecule has 186 valence electrons. The highest BCUT2D eigenvalue weighted by atomic mass is 32.2. The van der Waals surface area contributed by atoms with Crippen molar-refractivity contribution in [3.8, 4) is 0 Å². The number of carbonyl (C=O) groups excluding carboxylic acids is 4. The van der Waals surface area contributed by atoms with Crippen molar-refractivity contribution in [1.82, 2.24) is 0 Å². The van der Waals surface area contributed by atoms with E-state index in [9.17, 15) is 19.2 Å². The minimum Gasteiger partial charge on any atom is -0.463 e. The molecular formula is C22H33NO9S. The normalized spacial score (nSPS) is 32.2. The molecule has 1 saturated carbocycles. The zero-order valence-corrected chi connectivity index (χ0v) is 20.5. The minimum atomic E-state index is -1.07. The van der Waals surface area contributed by atoms with Gasteiger partial charge in [0.2, 0.25) is 0 Å². The van der Waals surface area contributed by atoms with Gasteiger partial charge in [-0.05, 0) is 31.6 Å². The van der Waals surface area contributed by atoms with Crippen molar-refractivity contribution in [3.05, 3.63) is 0 Å².